The molecule has 2 fully saturated rings. The molecule has 14 heteroatoms. The lowest BCUT2D eigenvalue weighted by atomic mass is 9.84. The third-order valence-electron chi connectivity index (χ3n) is 12.4. The van der Waals surface area contributed by atoms with Gasteiger partial charge in [0.25, 0.3) is 5.91 Å². The Balaban J connectivity index is 1.33. The van der Waals surface area contributed by atoms with E-state index >= 15 is 0 Å². The summed E-state index contributed by atoms with van der Waals surface area (Å²) >= 11 is 0. The number of pyridine rings is 1. The Kier molecular flexibility index (Phi) is 13.0. The summed E-state index contributed by atoms with van der Waals surface area (Å²) in [6.07, 6.45) is 6.26. The molecule has 4 aromatic rings. The number of amides is 4. The average Bonchev–Trinajstić information content (AvgIpc) is 3.55. The van der Waals surface area contributed by atoms with Crippen LogP contribution in [0.25, 0.3) is 33.3 Å². The number of aromatic hydroxyl groups is 1. The zero-order valence-corrected chi connectivity index (χ0v) is 36.7. The van der Waals surface area contributed by atoms with Crippen molar-refractivity contribution in [3.8, 4) is 28.1 Å². The van der Waals surface area contributed by atoms with Crippen molar-refractivity contribution in [1.29, 1.82) is 0 Å². The number of likely N-dealkylation sites (N-methyl/N-ethyl adjacent to an activating group) is 1. The summed E-state index contributed by atoms with van der Waals surface area (Å²) in [5.74, 6) is -1.60. The summed E-state index contributed by atoms with van der Waals surface area (Å²) in [4.78, 5) is 64.2. The van der Waals surface area contributed by atoms with E-state index in [2.05, 4.69) is 77.6 Å². The molecule has 0 unspecified atom stereocenters. The Morgan fingerprint density at radius 3 is 2.54 bits per heavy atom. The number of phenols is 1. The van der Waals surface area contributed by atoms with E-state index < -0.39 is 41.3 Å². The Morgan fingerprint density at radius 1 is 1.05 bits per heavy atom. The minimum atomic E-state index is -1.10. The van der Waals surface area contributed by atoms with Gasteiger partial charge in [0.1, 0.15) is 23.9 Å². The van der Waals surface area contributed by atoms with E-state index in [4.69, 9.17) is 4.74 Å². The Hall–Kier alpha value is -5.47. The van der Waals surface area contributed by atoms with Crippen molar-refractivity contribution in [3.63, 3.8) is 0 Å². The maximum atomic E-state index is 14.6. The maximum Gasteiger partial charge on any atom is 0.324 e. The highest BCUT2D eigenvalue weighted by atomic mass is 16.5. The van der Waals surface area contributed by atoms with Gasteiger partial charge in [0, 0.05) is 87.0 Å². The second kappa shape index (κ2) is 18.3. The van der Waals surface area contributed by atoms with Crippen LogP contribution in [0.2, 0.25) is 0 Å². The molecule has 0 saturated carbocycles. The van der Waals surface area contributed by atoms with Crippen molar-refractivity contribution in [3.05, 3.63) is 71.5 Å². The van der Waals surface area contributed by atoms with Gasteiger partial charge in [0.05, 0.1) is 12.3 Å². The van der Waals surface area contributed by atoms with Crippen LogP contribution in [0.15, 0.2) is 54.9 Å². The third kappa shape index (κ3) is 9.25. The van der Waals surface area contributed by atoms with Crippen LogP contribution in [0.4, 0.5) is 4.79 Å². The standard InChI is InChI=1S/C47H62N8O6/c1-8-31-14-15-49-27-37(31)42-36-26-47(5,6)28-61-45(59)38-11-10-18-55(51-38)44(58)39(50-43(57)41(29(3)4)52(7)46(60)53-19-16-48-17-20-53)23-30-21-33(24-34(56)22-30)32-12-13-40(35(36)25-32)54(42)9-2/h12-15,21-22,24-25,27,29,38-39,41,48,51,56H,8-11,16-20,23,26,28H2,1-7H3,(H,50,57)/t38-,39-,41-/m0/s1. The number of esters is 1. The average molecular weight is 835 g/mol. The number of aryl methyl sites for hydroxylation is 2. The first-order chi connectivity index (χ1) is 29.2. The van der Waals surface area contributed by atoms with E-state index in [0.29, 0.717) is 57.5 Å². The smallest absolute Gasteiger partial charge is 0.324 e. The number of nitrogens with one attached hydrogen (secondary N) is 3. The zero-order chi connectivity index (χ0) is 43.6. The van der Waals surface area contributed by atoms with Gasteiger partial charge in [-0.15, -0.1) is 0 Å². The van der Waals surface area contributed by atoms with Crippen LogP contribution in [0.5, 0.6) is 5.75 Å². The second-order valence-electron chi connectivity index (χ2n) is 17.9. The van der Waals surface area contributed by atoms with Gasteiger partial charge in [-0.3, -0.25) is 24.4 Å². The summed E-state index contributed by atoms with van der Waals surface area (Å²) in [5, 5.41) is 20.0. The number of piperazine rings is 1. The van der Waals surface area contributed by atoms with Gasteiger partial charge in [-0.2, -0.15) is 0 Å². The zero-order valence-electron chi connectivity index (χ0n) is 36.7. The molecule has 3 aliphatic heterocycles. The molecule has 2 aromatic heterocycles. The van der Waals surface area contributed by atoms with E-state index in [1.807, 2.05) is 32.3 Å². The number of ether oxygens (including phenoxy) is 1. The van der Waals surface area contributed by atoms with Crippen molar-refractivity contribution >= 4 is 34.7 Å². The molecule has 326 valence electrons. The summed E-state index contributed by atoms with van der Waals surface area (Å²) in [6.45, 7) is 15.8. The molecule has 4 N–H and O–H groups in total. The molecule has 2 saturated heterocycles. The highest BCUT2D eigenvalue weighted by Crippen LogP contribution is 2.41. The number of cyclic esters (lactones) is 1. The normalized spacial score (nSPS) is 20.3. The van der Waals surface area contributed by atoms with Crippen LogP contribution < -0.4 is 16.1 Å². The van der Waals surface area contributed by atoms with Crippen molar-refractivity contribution in [2.75, 3.05) is 46.4 Å². The van der Waals surface area contributed by atoms with Crippen molar-refractivity contribution in [1.82, 2.24) is 40.4 Å². The predicted octanol–water partition coefficient (Wildman–Crippen LogP) is 5.29. The quantitative estimate of drug-likeness (QED) is 0.182. The van der Waals surface area contributed by atoms with Gasteiger partial charge in [0.15, 0.2) is 0 Å². The van der Waals surface area contributed by atoms with Crippen molar-refractivity contribution in [2.45, 2.75) is 98.3 Å². The topological polar surface area (TPSA) is 161 Å². The molecule has 4 amide bonds. The fourth-order valence-electron chi connectivity index (χ4n) is 9.34. The highest BCUT2D eigenvalue weighted by molar-refractivity contribution is 5.96. The molecule has 0 aliphatic carbocycles. The number of hydrogen-bond donors (Lipinski definition) is 4. The second-order valence-corrected chi connectivity index (χ2v) is 17.9. The number of rotatable bonds is 7. The first-order valence-corrected chi connectivity index (χ1v) is 21.9. The Morgan fingerprint density at radius 2 is 1.82 bits per heavy atom. The number of aromatic nitrogens is 2. The van der Waals surface area contributed by atoms with Crippen molar-refractivity contribution < 1.29 is 29.0 Å². The number of carbonyl (C=O) groups excluding carboxylic acids is 4. The number of urea groups is 1. The molecule has 3 aliphatic rings. The first-order valence-electron chi connectivity index (χ1n) is 21.9. The number of carbonyl (C=O) groups is 4. The first kappa shape index (κ1) is 43.6. The van der Waals surface area contributed by atoms with E-state index in [1.165, 1.54) is 15.5 Å². The molecule has 14 nitrogen and oxygen atoms in total. The van der Waals surface area contributed by atoms with E-state index in [-0.39, 0.29) is 30.7 Å². The Labute approximate surface area is 359 Å². The van der Waals surface area contributed by atoms with Gasteiger partial charge in [-0.1, -0.05) is 46.8 Å². The van der Waals surface area contributed by atoms with Gasteiger partial charge < -0.3 is 34.8 Å². The fraction of sp³-hybridized carbons (Fsp3) is 0.511. The summed E-state index contributed by atoms with van der Waals surface area (Å²) in [7, 11) is 1.63. The lowest BCUT2D eigenvalue weighted by Gasteiger charge is -2.38. The van der Waals surface area contributed by atoms with Crippen molar-refractivity contribution in [2.24, 2.45) is 11.3 Å². The Bertz CT molecular complexity index is 2280. The molecule has 3 atom stereocenters. The number of phenolic OH excluding ortho intramolecular Hbond substituents is 1. The molecule has 5 heterocycles. The van der Waals surface area contributed by atoms with Crippen LogP contribution in [0.3, 0.4) is 0 Å². The number of hydrogen-bond acceptors (Lipinski definition) is 9. The third-order valence-corrected chi connectivity index (χ3v) is 12.4. The minimum Gasteiger partial charge on any atom is -0.508 e. The van der Waals surface area contributed by atoms with Gasteiger partial charge in [0.2, 0.25) is 5.91 Å². The van der Waals surface area contributed by atoms with Crippen LogP contribution in [0, 0.1) is 11.3 Å². The minimum absolute atomic E-state index is 0.0240. The molecule has 2 aromatic carbocycles. The number of nitrogens with zero attached hydrogens (tertiary/aromatic N) is 5. The van der Waals surface area contributed by atoms with Crippen LogP contribution in [-0.4, -0.2) is 118 Å². The van der Waals surface area contributed by atoms with Gasteiger partial charge >= 0.3 is 12.0 Å². The van der Waals surface area contributed by atoms with E-state index in [9.17, 15) is 24.3 Å². The molecule has 7 rings (SSSR count). The molecular weight excluding hydrogens is 773 g/mol. The van der Waals surface area contributed by atoms with Crippen LogP contribution in [0.1, 0.15) is 71.1 Å². The monoisotopic (exact) mass is 834 g/mol. The fourth-order valence-corrected chi connectivity index (χ4v) is 9.34. The van der Waals surface area contributed by atoms with Crippen LogP contribution >= 0.6 is 0 Å². The SMILES string of the molecule is CCc1ccncc1-c1c2c3cc(ccc3n1CC)-c1cc(O)cc(c1)C[C@H](NC(=O)[C@H](C(C)C)N(C)C(=O)N1CCNCC1)C(=O)N1CCC[C@H](N1)C(=O)OCC(C)(C)C2. The number of hydrazine groups is 1. The predicted molar refractivity (Wildman–Crippen MR) is 235 cm³/mol. The van der Waals surface area contributed by atoms with Gasteiger partial charge in [-0.25, -0.2) is 10.2 Å². The highest BCUT2D eigenvalue weighted by Gasteiger charge is 2.38. The van der Waals surface area contributed by atoms with Crippen LogP contribution in [-0.2, 0) is 44.9 Å². The molecule has 6 bridgehead atoms. The number of fused-ring (bicyclic) bond motifs is 6. The molecular formula is C47H62N8O6. The van der Waals surface area contributed by atoms with E-state index in [1.54, 1.807) is 24.1 Å². The maximum absolute atomic E-state index is 14.6. The molecule has 0 radical (unpaired) electrons. The molecule has 0 spiro atoms. The summed E-state index contributed by atoms with van der Waals surface area (Å²) in [5.41, 5.74) is 10.4. The lowest BCUT2D eigenvalue weighted by molar-refractivity contribution is -0.155. The number of benzene rings is 2. The summed E-state index contributed by atoms with van der Waals surface area (Å²) in [6, 6.07) is 10.7. The van der Waals surface area contributed by atoms with Gasteiger partial charge in [-0.05, 0) is 96.7 Å². The largest absolute Gasteiger partial charge is 0.508 e. The lowest BCUT2D eigenvalue weighted by Crippen LogP contribution is -2.62. The summed E-state index contributed by atoms with van der Waals surface area (Å²) < 4.78 is 8.43. The van der Waals surface area contributed by atoms with E-state index in [0.717, 1.165) is 51.8 Å². The molecule has 61 heavy (non-hydrogen) atoms.